The molecule has 4 heteroatoms. The van der Waals surface area contributed by atoms with Crippen LogP contribution in [0.25, 0.3) is 0 Å². The SMILES string of the molecule is CC(C)(C)N1CC2(CN(CC(F)F)C2)C1. The average Bonchev–Trinajstić information content (AvgIpc) is 1.87. The second-order valence-corrected chi connectivity index (χ2v) is 6.09. The molecule has 0 unspecified atom stereocenters. The summed E-state index contributed by atoms with van der Waals surface area (Å²) >= 11 is 0. The largest absolute Gasteiger partial charge is 0.297 e. The Hall–Kier alpha value is -0.220. The smallest absolute Gasteiger partial charge is 0.251 e. The third kappa shape index (κ3) is 2.16. The molecule has 0 saturated carbocycles. The summed E-state index contributed by atoms with van der Waals surface area (Å²) in [4.78, 5) is 4.29. The van der Waals surface area contributed by atoms with Crippen LogP contribution in [0.5, 0.6) is 0 Å². The van der Waals surface area contributed by atoms with Crippen molar-refractivity contribution in [2.24, 2.45) is 5.41 Å². The number of hydrogen-bond acceptors (Lipinski definition) is 2. The number of nitrogens with zero attached hydrogens (tertiary/aromatic N) is 2. The second-order valence-electron chi connectivity index (χ2n) is 6.09. The van der Waals surface area contributed by atoms with Gasteiger partial charge in [-0.3, -0.25) is 9.80 Å². The quantitative estimate of drug-likeness (QED) is 0.695. The fourth-order valence-corrected chi connectivity index (χ4v) is 2.66. The normalized spacial score (nSPS) is 26.8. The van der Waals surface area contributed by atoms with E-state index in [1.807, 2.05) is 4.90 Å². The van der Waals surface area contributed by atoms with Gasteiger partial charge in [0.05, 0.1) is 6.54 Å². The lowest BCUT2D eigenvalue weighted by atomic mass is 9.71. The minimum Gasteiger partial charge on any atom is -0.297 e. The van der Waals surface area contributed by atoms with Crippen LogP contribution in [0.15, 0.2) is 0 Å². The molecule has 0 aliphatic carbocycles. The molecular formula is C11H20F2N2. The Balaban J connectivity index is 1.73. The van der Waals surface area contributed by atoms with Crippen LogP contribution >= 0.6 is 0 Å². The highest BCUT2D eigenvalue weighted by atomic mass is 19.3. The first-order valence-electron chi connectivity index (χ1n) is 5.56. The maximum atomic E-state index is 12.1. The number of alkyl halides is 2. The van der Waals surface area contributed by atoms with E-state index in [0.29, 0.717) is 5.41 Å². The van der Waals surface area contributed by atoms with Crippen LogP contribution in [0.1, 0.15) is 20.8 Å². The zero-order chi connectivity index (χ0) is 11.3. The fourth-order valence-electron chi connectivity index (χ4n) is 2.66. The van der Waals surface area contributed by atoms with Crippen molar-refractivity contribution in [3.05, 3.63) is 0 Å². The van der Waals surface area contributed by atoms with Crippen LogP contribution in [-0.4, -0.2) is 54.5 Å². The van der Waals surface area contributed by atoms with Gasteiger partial charge < -0.3 is 0 Å². The van der Waals surface area contributed by atoms with Crippen molar-refractivity contribution in [3.63, 3.8) is 0 Å². The molecule has 0 aromatic carbocycles. The molecule has 15 heavy (non-hydrogen) atoms. The topological polar surface area (TPSA) is 6.48 Å². The first-order valence-corrected chi connectivity index (χ1v) is 5.56. The van der Waals surface area contributed by atoms with Crippen molar-refractivity contribution in [2.75, 3.05) is 32.7 Å². The monoisotopic (exact) mass is 218 g/mol. The van der Waals surface area contributed by atoms with Crippen LogP contribution in [0, 0.1) is 5.41 Å². The average molecular weight is 218 g/mol. The predicted octanol–water partition coefficient (Wildman–Crippen LogP) is 1.67. The molecule has 2 saturated heterocycles. The summed E-state index contributed by atoms with van der Waals surface area (Å²) in [5.74, 6) is 0. The Morgan fingerprint density at radius 1 is 1.13 bits per heavy atom. The lowest BCUT2D eigenvalue weighted by molar-refractivity contribution is -0.152. The first kappa shape index (κ1) is 11.3. The van der Waals surface area contributed by atoms with Crippen LogP contribution in [0.3, 0.4) is 0 Å². The summed E-state index contributed by atoms with van der Waals surface area (Å²) in [5.41, 5.74) is 0.580. The van der Waals surface area contributed by atoms with Gasteiger partial charge in [0.25, 0.3) is 6.43 Å². The maximum Gasteiger partial charge on any atom is 0.251 e. The van der Waals surface area contributed by atoms with Crippen molar-refractivity contribution >= 4 is 0 Å². The summed E-state index contributed by atoms with van der Waals surface area (Å²) in [6.07, 6.45) is -2.18. The highest BCUT2D eigenvalue weighted by molar-refractivity contribution is 5.08. The van der Waals surface area contributed by atoms with E-state index in [9.17, 15) is 8.78 Å². The van der Waals surface area contributed by atoms with Crippen molar-refractivity contribution in [3.8, 4) is 0 Å². The van der Waals surface area contributed by atoms with Crippen LogP contribution < -0.4 is 0 Å². The van der Waals surface area contributed by atoms with Gasteiger partial charge in [0, 0.05) is 37.1 Å². The zero-order valence-electron chi connectivity index (χ0n) is 9.76. The van der Waals surface area contributed by atoms with E-state index in [1.54, 1.807) is 0 Å². The van der Waals surface area contributed by atoms with Gasteiger partial charge in [-0.1, -0.05) is 0 Å². The Labute approximate surface area is 90.2 Å². The molecule has 2 aliphatic rings. The molecule has 1 spiro atoms. The molecule has 2 rings (SSSR count). The maximum absolute atomic E-state index is 12.1. The van der Waals surface area contributed by atoms with E-state index >= 15 is 0 Å². The summed E-state index contributed by atoms with van der Waals surface area (Å²) in [5, 5.41) is 0. The van der Waals surface area contributed by atoms with E-state index in [0.717, 1.165) is 26.2 Å². The molecule has 0 aromatic heterocycles. The summed E-state index contributed by atoms with van der Waals surface area (Å²) in [7, 11) is 0. The third-order valence-electron chi connectivity index (χ3n) is 3.52. The van der Waals surface area contributed by atoms with E-state index in [-0.39, 0.29) is 12.1 Å². The van der Waals surface area contributed by atoms with Gasteiger partial charge in [-0.25, -0.2) is 8.78 Å². The Bertz CT molecular complexity index is 233. The lowest BCUT2D eigenvalue weighted by Gasteiger charge is -2.63. The number of rotatable bonds is 2. The van der Waals surface area contributed by atoms with Gasteiger partial charge >= 0.3 is 0 Å². The Kier molecular flexibility index (Phi) is 2.54. The molecule has 0 N–H and O–H groups in total. The highest BCUT2D eigenvalue weighted by Gasteiger charge is 2.53. The van der Waals surface area contributed by atoms with Crippen LogP contribution in [-0.2, 0) is 0 Å². The molecule has 0 radical (unpaired) electrons. The van der Waals surface area contributed by atoms with Crippen molar-refractivity contribution in [2.45, 2.75) is 32.7 Å². The van der Waals surface area contributed by atoms with Gasteiger partial charge in [0.2, 0.25) is 0 Å². The van der Waals surface area contributed by atoms with Gasteiger partial charge in [-0.05, 0) is 20.8 Å². The van der Waals surface area contributed by atoms with E-state index < -0.39 is 6.43 Å². The number of halogens is 2. The number of likely N-dealkylation sites (tertiary alicyclic amines) is 2. The summed E-state index contributed by atoms with van der Waals surface area (Å²) in [6, 6.07) is 0. The number of hydrogen-bond donors (Lipinski definition) is 0. The molecule has 2 fully saturated rings. The van der Waals surface area contributed by atoms with Gasteiger partial charge in [-0.15, -0.1) is 0 Å². The van der Waals surface area contributed by atoms with Crippen LogP contribution in [0.4, 0.5) is 8.78 Å². The molecule has 0 aromatic rings. The van der Waals surface area contributed by atoms with Crippen molar-refractivity contribution < 1.29 is 8.78 Å². The Morgan fingerprint density at radius 2 is 1.67 bits per heavy atom. The summed E-state index contributed by atoms with van der Waals surface area (Å²) in [6.45, 7) is 10.5. The molecule has 2 heterocycles. The lowest BCUT2D eigenvalue weighted by Crippen LogP contribution is -2.74. The molecule has 2 aliphatic heterocycles. The molecule has 0 amide bonds. The van der Waals surface area contributed by atoms with Crippen molar-refractivity contribution in [1.82, 2.24) is 9.80 Å². The third-order valence-corrected chi connectivity index (χ3v) is 3.52. The summed E-state index contributed by atoms with van der Waals surface area (Å²) < 4.78 is 24.2. The zero-order valence-corrected chi connectivity index (χ0v) is 9.76. The van der Waals surface area contributed by atoms with E-state index in [2.05, 4.69) is 25.7 Å². The molecule has 2 nitrogen and oxygen atoms in total. The second kappa shape index (κ2) is 3.39. The molecule has 0 bridgehead atoms. The van der Waals surface area contributed by atoms with Gasteiger partial charge in [-0.2, -0.15) is 0 Å². The molecular weight excluding hydrogens is 198 g/mol. The predicted molar refractivity (Wildman–Crippen MR) is 56.2 cm³/mol. The van der Waals surface area contributed by atoms with Gasteiger partial charge in [0.1, 0.15) is 0 Å². The van der Waals surface area contributed by atoms with Crippen molar-refractivity contribution in [1.29, 1.82) is 0 Å². The van der Waals surface area contributed by atoms with E-state index in [1.165, 1.54) is 0 Å². The van der Waals surface area contributed by atoms with Crippen LogP contribution in [0.2, 0.25) is 0 Å². The van der Waals surface area contributed by atoms with E-state index in [4.69, 9.17) is 0 Å². The van der Waals surface area contributed by atoms with Gasteiger partial charge in [0.15, 0.2) is 0 Å². The minimum atomic E-state index is -2.18. The molecule has 88 valence electrons. The molecule has 0 atom stereocenters. The highest BCUT2D eigenvalue weighted by Crippen LogP contribution is 2.42. The Morgan fingerprint density at radius 3 is 2.07 bits per heavy atom. The minimum absolute atomic E-state index is 0.0444. The standard InChI is InChI=1S/C11H20F2N2/c1-10(2,3)15-7-11(8-15)5-14(6-11)4-9(12)13/h9H,4-8H2,1-3H3. The first-order chi connectivity index (χ1) is 6.81. The fraction of sp³-hybridized carbons (Fsp3) is 1.00.